The summed E-state index contributed by atoms with van der Waals surface area (Å²) in [6.07, 6.45) is 0.813. The van der Waals surface area contributed by atoms with E-state index in [1.807, 2.05) is 66.4 Å². The normalized spacial score (nSPS) is 15.5. The van der Waals surface area contributed by atoms with Crippen molar-refractivity contribution in [3.8, 4) is 5.75 Å². The Morgan fingerprint density at radius 1 is 1.03 bits per heavy atom. The fraction of sp³-hybridized carbons (Fsp3) is 0.192. The molecule has 1 aliphatic rings. The van der Waals surface area contributed by atoms with Gasteiger partial charge < -0.3 is 19.9 Å². The van der Waals surface area contributed by atoms with E-state index >= 15 is 0 Å². The van der Waals surface area contributed by atoms with Gasteiger partial charge in [-0.2, -0.15) is 0 Å². The fourth-order valence-corrected chi connectivity index (χ4v) is 4.49. The average Bonchev–Trinajstić information content (AvgIpc) is 3.19. The lowest BCUT2D eigenvalue weighted by molar-refractivity contribution is 0.193. The third-order valence-electron chi connectivity index (χ3n) is 6.11. The highest BCUT2D eigenvalue weighted by atomic mass is 16.5. The second-order valence-electron chi connectivity index (χ2n) is 7.93. The number of hydrogen-bond donors (Lipinski definition) is 2. The Bertz CT molecular complexity index is 1240. The summed E-state index contributed by atoms with van der Waals surface area (Å²) in [4.78, 5) is 19.0. The molecular formula is C26H25N3O2. The van der Waals surface area contributed by atoms with Crippen LogP contribution in [0, 0.1) is 6.92 Å². The van der Waals surface area contributed by atoms with E-state index in [1.54, 1.807) is 7.11 Å². The molecule has 0 aliphatic carbocycles. The van der Waals surface area contributed by atoms with E-state index in [0.717, 1.165) is 40.2 Å². The molecule has 2 amide bonds. The van der Waals surface area contributed by atoms with Gasteiger partial charge in [-0.3, -0.25) is 0 Å². The molecule has 4 aromatic rings. The quantitative estimate of drug-likeness (QED) is 0.457. The first-order chi connectivity index (χ1) is 15.2. The van der Waals surface area contributed by atoms with Crippen LogP contribution in [0.3, 0.4) is 0 Å². The lowest BCUT2D eigenvalue weighted by atomic mass is 9.92. The Morgan fingerprint density at radius 2 is 1.77 bits per heavy atom. The first-order valence-electron chi connectivity index (χ1n) is 10.5. The Kier molecular flexibility index (Phi) is 4.86. The van der Waals surface area contributed by atoms with Gasteiger partial charge in [0.2, 0.25) is 0 Å². The van der Waals surface area contributed by atoms with Crippen LogP contribution in [0.4, 0.5) is 10.5 Å². The van der Waals surface area contributed by atoms with Gasteiger partial charge in [0.15, 0.2) is 0 Å². The molecule has 0 bridgehead atoms. The lowest BCUT2D eigenvalue weighted by Gasteiger charge is -2.36. The molecule has 1 aliphatic heterocycles. The van der Waals surface area contributed by atoms with Crippen molar-refractivity contribution in [3.63, 3.8) is 0 Å². The summed E-state index contributed by atoms with van der Waals surface area (Å²) >= 11 is 0. The van der Waals surface area contributed by atoms with Crippen LogP contribution in [-0.2, 0) is 6.42 Å². The zero-order chi connectivity index (χ0) is 21.4. The highest BCUT2D eigenvalue weighted by Crippen LogP contribution is 2.39. The zero-order valence-corrected chi connectivity index (χ0v) is 17.7. The number of benzene rings is 3. The molecule has 2 heterocycles. The van der Waals surface area contributed by atoms with Crippen molar-refractivity contribution in [2.24, 2.45) is 0 Å². The standard InChI is InChI=1S/C26H25N3O2/c1-17-7-3-5-9-22(17)28-26(30)29-16-15-21-20-8-4-6-10-23(20)27-24(21)25(29)18-11-13-19(31-2)14-12-18/h3-14,25,27H,15-16H2,1-2H3,(H,28,30). The largest absolute Gasteiger partial charge is 0.497 e. The van der Waals surface area contributed by atoms with Crippen molar-refractivity contribution >= 4 is 22.6 Å². The van der Waals surface area contributed by atoms with Gasteiger partial charge in [-0.15, -0.1) is 0 Å². The van der Waals surface area contributed by atoms with Gasteiger partial charge >= 0.3 is 6.03 Å². The zero-order valence-electron chi connectivity index (χ0n) is 17.7. The summed E-state index contributed by atoms with van der Waals surface area (Å²) in [6, 6.07) is 23.9. The molecule has 5 rings (SSSR count). The van der Waals surface area contributed by atoms with Gasteiger partial charge in [0.1, 0.15) is 5.75 Å². The number of H-pyrrole nitrogens is 1. The van der Waals surface area contributed by atoms with E-state index in [4.69, 9.17) is 4.74 Å². The van der Waals surface area contributed by atoms with Crippen LogP contribution >= 0.6 is 0 Å². The number of aryl methyl sites for hydroxylation is 1. The van der Waals surface area contributed by atoms with Crippen LogP contribution in [0.5, 0.6) is 5.75 Å². The Morgan fingerprint density at radius 3 is 2.55 bits per heavy atom. The third-order valence-corrected chi connectivity index (χ3v) is 6.11. The molecule has 156 valence electrons. The number of rotatable bonds is 3. The number of carbonyl (C=O) groups is 1. The maximum atomic E-state index is 13.4. The van der Waals surface area contributed by atoms with E-state index in [0.29, 0.717) is 6.54 Å². The van der Waals surface area contributed by atoms with Gasteiger partial charge in [-0.25, -0.2) is 4.79 Å². The number of anilines is 1. The first kappa shape index (κ1) is 19.2. The van der Waals surface area contributed by atoms with Gasteiger partial charge in [0.05, 0.1) is 13.2 Å². The fourth-order valence-electron chi connectivity index (χ4n) is 4.49. The highest BCUT2D eigenvalue weighted by molar-refractivity contribution is 5.92. The molecule has 0 radical (unpaired) electrons. The second-order valence-corrected chi connectivity index (χ2v) is 7.93. The van der Waals surface area contributed by atoms with Gasteiger partial charge in [0.25, 0.3) is 0 Å². The number of ether oxygens (including phenoxy) is 1. The number of aromatic amines is 1. The Labute approximate surface area is 181 Å². The predicted molar refractivity (Wildman–Crippen MR) is 124 cm³/mol. The number of fused-ring (bicyclic) bond motifs is 3. The lowest BCUT2D eigenvalue weighted by Crippen LogP contribution is -2.43. The van der Waals surface area contributed by atoms with E-state index < -0.39 is 0 Å². The third kappa shape index (κ3) is 3.42. The van der Waals surface area contributed by atoms with Gasteiger partial charge in [-0.1, -0.05) is 48.5 Å². The van der Waals surface area contributed by atoms with Crippen LogP contribution in [0.1, 0.15) is 28.4 Å². The molecule has 5 nitrogen and oxygen atoms in total. The number of urea groups is 1. The minimum absolute atomic E-state index is 0.0978. The molecule has 2 N–H and O–H groups in total. The van der Waals surface area contributed by atoms with E-state index in [2.05, 4.69) is 28.5 Å². The number of carbonyl (C=O) groups excluding carboxylic acids is 1. The summed E-state index contributed by atoms with van der Waals surface area (Å²) in [5, 5.41) is 4.35. The summed E-state index contributed by atoms with van der Waals surface area (Å²) in [5.74, 6) is 0.798. The first-order valence-corrected chi connectivity index (χ1v) is 10.5. The SMILES string of the molecule is COc1ccc(C2c3[nH]c4ccccc4c3CCN2C(=O)Nc2ccccc2C)cc1. The van der Waals surface area contributed by atoms with Crippen molar-refractivity contribution in [3.05, 3.63) is 95.2 Å². The van der Waals surface area contributed by atoms with Crippen LogP contribution in [0.15, 0.2) is 72.8 Å². The molecule has 0 fully saturated rings. The summed E-state index contributed by atoms with van der Waals surface area (Å²) in [7, 11) is 1.66. The summed E-state index contributed by atoms with van der Waals surface area (Å²) < 4.78 is 5.34. The Hall–Kier alpha value is -3.73. The smallest absolute Gasteiger partial charge is 0.322 e. The number of methoxy groups -OCH3 is 1. The molecule has 5 heteroatoms. The minimum Gasteiger partial charge on any atom is -0.497 e. The average molecular weight is 412 g/mol. The molecule has 3 aromatic carbocycles. The number of aromatic nitrogens is 1. The minimum atomic E-state index is -0.203. The van der Waals surface area contributed by atoms with Crippen molar-refractivity contribution in [2.45, 2.75) is 19.4 Å². The molecule has 0 saturated heterocycles. The molecule has 0 saturated carbocycles. The van der Waals surface area contributed by atoms with Crippen molar-refractivity contribution < 1.29 is 9.53 Å². The maximum absolute atomic E-state index is 13.4. The topological polar surface area (TPSA) is 57.4 Å². The predicted octanol–water partition coefficient (Wildman–Crippen LogP) is 5.66. The molecule has 1 atom stereocenters. The van der Waals surface area contributed by atoms with E-state index in [9.17, 15) is 4.79 Å². The van der Waals surface area contributed by atoms with E-state index in [1.165, 1.54) is 10.9 Å². The summed E-state index contributed by atoms with van der Waals surface area (Å²) in [5.41, 5.74) is 6.40. The number of hydrogen-bond acceptors (Lipinski definition) is 2. The van der Waals surface area contributed by atoms with Crippen LogP contribution in [0.25, 0.3) is 10.9 Å². The van der Waals surface area contributed by atoms with Gasteiger partial charge in [0, 0.05) is 28.8 Å². The second kappa shape index (κ2) is 7.84. The molecular weight excluding hydrogens is 386 g/mol. The van der Waals surface area contributed by atoms with E-state index in [-0.39, 0.29) is 12.1 Å². The molecule has 0 spiro atoms. The Balaban J connectivity index is 1.58. The number of nitrogens with zero attached hydrogens (tertiary/aromatic N) is 1. The molecule has 1 aromatic heterocycles. The monoisotopic (exact) mass is 411 g/mol. The highest BCUT2D eigenvalue weighted by Gasteiger charge is 2.34. The van der Waals surface area contributed by atoms with Crippen molar-refractivity contribution in [1.29, 1.82) is 0 Å². The van der Waals surface area contributed by atoms with Gasteiger partial charge in [-0.05, 0) is 54.3 Å². The van der Waals surface area contributed by atoms with Crippen molar-refractivity contribution in [1.82, 2.24) is 9.88 Å². The molecule has 1 unspecified atom stereocenters. The van der Waals surface area contributed by atoms with Crippen LogP contribution < -0.4 is 10.1 Å². The van der Waals surface area contributed by atoms with Crippen LogP contribution in [0.2, 0.25) is 0 Å². The molecule has 31 heavy (non-hydrogen) atoms. The summed E-state index contributed by atoms with van der Waals surface area (Å²) in [6.45, 7) is 2.64. The number of para-hydroxylation sites is 2. The van der Waals surface area contributed by atoms with Crippen LogP contribution in [-0.4, -0.2) is 29.6 Å². The maximum Gasteiger partial charge on any atom is 0.322 e. The number of nitrogens with one attached hydrogen (secondary N) is 2. The number of amides is 2. The van der Waals surface area contributed by atoms with Crippen molar-refractivity contribution in [2.75, 3.05) is 19.0 Å².